The van der Waals surface area contributed by atoms with Crippen LogP contribution < -0.4 is 19.7 Å². The molecule has 1 saturated heterocycles. The van der Waals surface area contributed by atoms with Crippen molar-refractivity contribution in [1.82, 2.24) is 5.32 Å². The van der Waals surface area contributed by atoms with Gasteiger partial charge in [0, 0.05) is 0 Å². The summed E-state index contributed by atoms with van der Waals surface area (Å²) in [4.78, 5) is 50.7. The number of anilines is 1. The normalized spacial score (nSPS) is 14.7. The number of ether oxygens (including phenoxy) is 3. The van der Waals surface area contributed by atoms with Crippen LogP contribution in [-0.2, 0) is 25.5 Å². The molecule has 1 aliphatic heterocycles. The van der Waals surface area contributed by atoms with Crippen molar-refractivity contribution in [3.63, 3.8) is 0 Å². The van der Waals surface area contributed by atoms with Gasteiger partial charge in [-0.2, -0.15) is 0 Å². The second kappa shape index (κ2) is 11.7. The number of aryl methyl sites for hydroxylation is 1. The number of carbonyl (C=O) groups excluding carboxylic acids is 4. The Hall–Kier alpha value is -3.66. The SMILES string of the molecule is CCOC(=O)COc1c(Br)cc(/C=C2/C(=O)NC(=O)N(c3ccc(CC)cc3)C2=O)cc1OCC. The van der Waals surface area contributed by atoms with Crippen molar-refractivity contribution in [3.05, 3.63) is 57.6 Å². The average Bonchev–Trinajstić information content (AvgIpc) is 2.82. The minimum Gasteiger partial charge on any atom is -0.490 e. The van der Waals surface area contributed by atoms with E-state index in [0.29, 0.717) is 28.1 Å². The maximum atomic E-state index is 13.2. The summed E-state index contributed by atoms with van der Waals surface area (Å²) in [7, 11) is 0. The van der Waals surface area contributed by atoms with Gasteiger partial charge in [-0.1, -0.05) is 19.1 Å². The van der Waals surface area contributed by atoms with Gasteiger partial charge in [-0.05, 0) is 77.7 Å². The van der Waals surface area contributed by atoms with Gasteiger partial charge in [0.05, 0.1) is 23.4 Å². The molecule has 2 aromatic rings. The highest BCUT2D eigenvalue weighted by atomic mass is 79.9. The number of urea groups is 1. The molecule has 1 heterocycles. The maximum absolute atomic E-state index is 13.2. The number of imide groups is 2. The Morgan fingerprint density at radius 1 is 1.03 bits per heavy atom. The van der Waals surface area contributed by atoms with E-state index in [9.17, 15) is 19.2 Å². The van der Waals surface area contributed by atoms with Crippen LogP contribution in [0.25, 0.3) is 6.08 Å². The molecule has 0 spiro atoms. The Kier molecular flexibility index (Phi) is 8.64. The molecule has 184 valence electrons. The number of nitrogens with one attached hydrogen (secondary N) is 1. The van der Waals surface area contributed by atoms with E-state index in [0.717, 1.165) is 16.9 Å². The van der Waals surface area contributed by atoms with Crippen molar-refractivity contribution >= 4 is 51.5 Å². The van der Waals surface area contributed by atoms with E-state index in [1.54, 1.807) is 38.1 Å². The lowest BCUT2D eigenvalue weighted by molar-refractivity contribution is -0.145. The fraction of sp³-hybridized carbons (Fsp3) is 0.280. The molecule has 1 aliphatic rings. The Morgan fingerprint density at radius 3 is 2.37 bits per heavy atom. The molecule has 0 atom stereocenters. The third kappa shape index (κ3) is 6.07. The van der Waals surface area contributed by atoms with Gasteiger partial charge in [0.25, 0.3) is 11.8 Å². The zero-order chi connectivity index (χ0) is 25.5. The number of carbonyl (C=O) groups is 4. The molecule has 0 aromatic heterocycles. The summed E-state index contributed by atoms with van der Waals surface area (Å²) < 4.78 is 16.5. The Morgan fingerprint density at radius 2 is 1.74 bits per heavy atom. The molecule has 0 bridgehead atoms. The number of barbiturate groups is 1. The van der Waals surface area contributed by atoms with E-state index < -0.39 is 23.8 Å². The van der Waals surface area contributed by atoms with E-state index in [1.165, 1.54) is 6.08 Å². The van der Waals surface area contributed by atoms with E-state index in [2.05, 4.69) is 21.2 Å². The van der Waals surface area contributed by atoms with Gasteiger partial charge < -0.3 is 14.2 Å². The predicted molar refractivity (Wildman–Crippen MR) is 132 cm³/mol. The van der Waals surface area contributed by atoms with Gasteiger partial charge in [0.2, 0.25) is 0 Å². The number of nitrogens with zero attached hydrogens (tertiary/aromatic N) is 1. The van der Waals surface area contributed by atoms with Crippen molar-refractivity contribution in [2.45, 2.75) is 27.2 Å². The van der Waals surface area contributed by atoms with Crippen molar-refractivity contribution < 1.29 is 33.4 Å². The van der Waals surface area contributed by atoms with Gasteiger partial charge in [0.1, 0.15) is 5.57 Å². The minimum absolute atomic E-state index is 0.223. The third-order valence-corrected chi connectivity index (χ3v) is 5.58. The summed E-state index contributed by atoms with van der Waals surface area (Å²) in [5.41, 5.74) is 1.61. The molecule has 10 heteroatoms. The molecule has 0 aliphatic carbocycles. The van der Waals surface area contributed by atoms with E-state index in [1.807, 2.05) is 19.1 Å². The highest BCUT2D eigenvalue weighted by Crippen LogP contribution is 2.38. The van der Waals surface area contributed by atoms with Gasteiger partial charge in [-0.25, -0.2) is 14.5 Å². The number of hydrogen-bond acceptors (Lipinski definition) is 7. The lowest BCUT2D eigenvalue weighted by Gasteiger charge is -2.26. The molecule has 4 amide bonds. The number of esters is 1. The largest absolute Gasteiger partial charge is 0.490 e. The van der Waals surface area contributed by atoms with Crippen molar-refractivity contribution in [3.8, 4) is 11.5 Å². The molecule has 0 radical (unpaired) electrons. The second-order valence-corrected chi connectivity index (χ2v) is 8.19. The lowest BCUT2D eigenvalue weighted by Crippen LogP contribution is -2.54. The quantitative estimate of drug-likeness (QED) is 0.288. The summed E-state index contributed by atoms with van der Waals surface area (Å²) >= 11 is 3.39. The zero-order valence-corrected chi connectivity index (χ0v) is 21.1. The van der Waals surface area contributed by atoms with Crippen LogP contribution in [0.1, 0.15) is 31.9 Å². The van der Waals surface area contributed by atoms with E-state index >= 15 is 0 Å². The van der Waals surface area contributed by atoms with Crippen LogP contribution in [0.4, 0.5) is 10.5 Å². The first-order valence-electron chi connectivity index (χ1n) is 11.0. The average molecular weight is 545 g/mol. The molecule has 35 heavy (non-hydrogen) atoms. The van der Waals surface area contributed by atoms with Crippen LogP contribution in [0.5, 0.6) is 11.5 Å². The molecular weight excluding hydrogens is 520 g/mol. The third-order valence-electron chi connectivity index (χ3n) is 4.99. The zero-order valence-electron chi connectivity index (χ0n) is 19.6. The summed E-state index contributed by atoms with van der Waals surface area (Å²) in [5.74, 6) is -1.52. The van der Waals surface area contributed by atoms with Crippen LogP contribution in [0, 0.1) is 0 Å². The van der Waals surface area contributed by atoms with Gasteiger partial charge >= 0.3 is 12.0 Å². The minimum atomic E-state index is -0.819. The summed E-state index contributed by atoms with van der Waals surface area (Å²) in [5, 5.41) is 2.21. The smallest absolute Gasteiger partial charge is 0.344 e. The number of amides is 4. The van der Waals surface area contributed by atoms with Gasteiger partial charge in [-0.3, -0.25) is 14.9 Å². The van der Waals surface area contributed by atoms with Crippen molar-refractivity contribution in [2.24, 2.45) is 0 Å². The summed E-state index contributed by atoms with van der Waals surface area (Å²) in [6.45, 7) is 5.68. The van der Waals surface area contributed by atoms with Crippen molar-refractivity contribution in [1.29, 1.82) is 0 Å². The molecule has 9 nitrogen and oxygen atoms in total. The van der Waals surface area contributed by atoms with Crippen LogP contribution in [0.2, 0.25) is 0 Å². The van der Waals surface area contributed by atoms with Gasteiger partial charge in [0.15, 0.2) is 18.1 Å². The summed E-state index contributed by atoms with van der Waals surface area (Å²) in [6.07, 6.45) is 2.17. The highest BCUT2D eigenvalue weighted by Gasteiger charge is 2.36. The Balaban J connectivity index is 1.94. The first-order chi connectivity index (χ1) is 16.8. The molecule has 2 aromatic carbocycles. The highest BCUT2D eigenvalue weighted by molar-refractivity contribution is 9.10. The number of hydrogen-bond donors (Lipinski definition) is 1. The predicted octanol–water partition coefficient (Wildman–Crippen LogP) is 4.02. The molecule has 1 N–H and O–H groups in total. The molecule has 1 fully saturated rings. The number of halogens is 1. The fourth-order valence-corrected chi connectivity index (χ4v) is 3.92. The van der Waals surface area contributed by atoms with Crippen LogP contribution in [0.15, 0.2) is 46.4 Å². The lowest BCUT2D eigenvalue weighted by atomic mass is 10.1. The molecule has 0 unspecified atom stereocenters. The fourth-order valence-electron chi connectivity index (χ4n) is 3.35. The van der Waals surface area contributed by atoms with E-state index in [-0.39, 0.29) is 24.5 Å². The summed E-state index contributed by atoms with van der Waals surface area (Å²) in [6, 6.07) is 9.30. The van der Waals surface area contributed by atoms with Crippen LogP contribution in [-0.4, -0.2) is 43.6 Å². The Labute approximate surface area is 211 Å². The van der Waals surface area contributed by atoms with Gasteiger partial charge in [-0.15, -0.1) is 0 Å². The van der Waals surface area contributed by atoms with Crippen molar-refractivity contribution in [2.75, 3.05) is 24.7 Å². The van der Waals surface area contributed by atoms with E-state index in [4.69, 9.17) is 14.2 Å². The maximum Gasteiger partial charge on any atom is 0.344 e. The first kappa shape index (κ1) is 26.0. The Bertz CT molecular complexity index is 1180. The standard InChI is InChI=1S/C25H25BrN2O7/c1-4-15-7-9-17(10-8-15)28-24(31)18(23(30)27-25(28)32)11-16-12-19(26)22(20(13-16)33-5-2)35-14-21(29)34-6-3/h7-13H,4-6,14H2,1-3H3,(H,27,30,32)/b18-11-. The molecular formula is C25H25BrN2O7. The first-order valence-corrected chi connectivity index (χ1v) is 11.8. The number of rotatable bonds is 9. The van der Waals surface area contributed by atoms with Crippen LogP contribution >= 0.6 is 15.9 Å². The topological polar surface area (TPSA) is 111 Å². The number of benzene rings is 2. The van der Waals surface area contributed by atoms with Crippen LogP contribution in [0.3, 0.4) is 0 Å². The molecule has 3 rings (SSSR count). The molecule has 0 saturated carbocycles. The second-order valence-electron chi connectivity index (χ2n) is 7.33. The monoisotopic (exact) mass is 544 g/mol.